The molecule has 3 atom stereocenters. The summed E-state index contributed by atoms with van der Waals surface area (Å²) in [5, 5.41) is 12.3. The quantitative estimate of drug-likeness (QED) is 0.853. The zero-order valence-corrected chi connectivity index (χ0v) is 10.4. The zero-order chi connectivity index (χ0) is 12.5. The first-order chi connectivity index (χ1) is 8.78. The number of hydrogen-bond acceptors (Lipinski definition) is 4. The van der Waals surface area contributed by atoms with E-state index in [4.69, 9.17) is 11.0 Å². The zero-order valence-electron chi connectivity index (χ0n) is 10.4. The molecule has 4 nitrogen and oxygen atoms in total. The molecule has 3 rings (SSSR count). The lowest BCUT2D eigenvalue weighted by atomic mass is 9.89. The summed E-state index contributed by atoms with van der Waals surface area (Å²) in [5.74, 6) is 3.27. The summed E-state index contributed by atoms with van der Waals surface area (Å²) in [6.07, 6.45) is 7.20. The van der Waals surface area contributed by atoms with Crippen LogP contribution in [0.4, 0.5) is 11.5 Å². The summed E-state index contributed by atoms with van der Waals surface area (Å²) in [4.78, 5) is 4.22. The van der Waals surface area contributed by atoms with Crippen LogP contribution < -0.4 is 11.1 Å². The van der Waals surface area contributed by atoms with Crippen LogP contribution in [0.25, 0.3) is 0 Å². The molecule has 2 fully saturated rings. The van der Waals surface area contributed by atoms with Crippen LogP contribution in [0.2, 0.25) is 0 Å². The van der Waals surface area contributed by atoms with Crippen molar-refractivity contribution in [2.24, 2.45) is 17.8 Å². The smallest absolute Gasteiger partial charge is 0.150 e. The predicted molar refractivity (Wildman–Crippen MR) is 70.8 cm³/mol. The summed E-state index contributed by atoms with van der Waals surface area (Å²) in [7, 11) is 0. The average Bonchev–Trinajstić information content (AvgIpc) is 3.00. The molecule has 1 heterocycles. The highest BCUT2D eigenvalue weighted by atomic mass is 15.0. The molecule has 3 unspecified atom stereocenters. The van der Waals surface area contributed by atoms with Crippen molar-refractivity contribution in [2.75, 3.05) is 17.6 Å². The molecule has 0 radical (unpaired) electrons. The third kappa shape index (κ3) is 1.90. The number of hydrogen-bond donors (Lipinski definition) is 2. The molecule has 3 N–H and O–H groups in total. The average molecular weight is 242 g/mol. The van der Waals surface area contributed by atoms with Crippen molar-refractivity contribution < 1.29 is 0 Å². The molecule has 94 valence electrons. The lowest BCUT2D eigenvalue weighted by Gasteiger charge is -2.22. The molecule has 2 aliphatic rings. The fourth-order valence-electron chi connectivity index (χ4n) is 3.57. The summed E-state index contributed by atoms with van der Waals surface area (Å²) >= 11 is 0. The first-order valence-corrected chi connectivity index (χ1v) is 6.66. The van der Waals surface area contributed by atoms with Crippen LogP contribution >= 0.6 is 0 Å². The van der Waals surface area contributed by atoms with Gasteiger partial charge in [-0.25, -0.2) is 4.98 Å². The molecule has 2 saturated carbocycles. The summed E-state index contributed by atoms with van der Waals surface area (Å²) in [5.41, 5.74) is 6.88. The first-order valence-electron chi connectivity index (χ1n) is 6.66. The number of nitrogens with two attached hydrogens (primary N) is 1. The highest BCUT2D eigenvalue weighted by Gasteiger charge is 2.39. The Bertz CT molecular complexity index is 491. The maximum atomic E-state index is 8.92. The Morgan fingerprint density at radius 3 is 3.00 bits per heavy atom. The second-order valence-electron chi connectivity index (χ2n) is 5.55. The second-order valence-corrected chi connectivity index (χ2v) is 5.55. The molecule has 2 aliphatic carbocycles. The molecule has 0 amide bonds. The van der Waals surface area contributed by atoms with E-state index in [0.717, 1.165) is 24.3 Å². The maximum Gasteiger partial charge on any atom is 0.150 e. The minimum atomic E-state index is 0.475. The largest absolute Gasteiger partial charge is 0.395 e. The van der Waals surface area contributed by atoms with E-state index in [2.05, 4.69) is 16.4 Å². The third-order valence-corrected chi connectivity index (χ3v) is 4.53. The summed E-state index contributed by atoms with van der Waals surface area (Å²) in [6, 6.07) is 3.74. The van der Waals surface area contributed by atoms with E-state index in [1.807, 2.05) is 0 Å². The Kier molecular flexibility index (Phi) is 2.83. The normalized spacial score (nSPS) is 29.2. The maximum absolute atomic E-state index is 8.92. The van der Waals surface area contributed by atoms with Gasteiger partial charge in [0.05, 0.1) is 11.3 Å². The minimum Gasteiger partial charge on any atom is -0.395 e. The minimum absolute atomic E-state index is 0.475. The van der Waals surface area contributed by atoms with Gasteiger partial charge >= 0.3 is 0 Å². The van der Waals surface area contributed by atoms with Crippen molar-refractivity contribution in [3.05, 3.63) is 17.8 Å². The van der Waals surface area contributed by atoms with Gasteiger partial charge in [0.2, 0.25) is 0 Å². The number of fused-ring (bicyclic) bond motifs is 2. The number of nitrogens with one attached hydrogen (secondary N) is 1. The van der Waals surface area contributed by atoms with E-state index in [1.54, 1.807) is 12.3 Å². The monoisotopic (exact) mass is 242 g/mol. The number of aromatic nitrogens is 1. The van der Waals surface area contributed by atoms with Crippen LogP contribution in [0.15, 0.2) is 12.3 Å². The molecule has 0 aromatic carbocycles. The van der Waals surface area contributed by atoms with E-state index >= 15 is 0 Å². The van der Waals surface area contributed by atoms with Crippen molar-refractivity contribution in [2.45, 2.75) is 25.7 Å². The van der Waals surface area contributed by atoms with Crippen LogP contribution in [0.3, 0.4) is 0 Å². The van der Waals surface area contributed by atoms with Gasteiger partial charge in [-0.3, -0.25) is 0 Å². The highest BCUT2D eigenvalue weighted by molar-refractivity contribution is 5.68. The number of pyridine rings is 1. The first kappa shape index (κ1) is 11.3. The standard InChI is InChI=1S/C14H18N4/c15-7-11-3-4-17-14(13(11)16)18-8-12-6-9-1-2-10(12)5-9/h3-4,9-10,12H,1-2,5-6,8,16H2,(H,17,18). The van der Waals surface area contributed by atoms with Crippen molar-refractivity contribution in [1.82, 2.24) is 4.98 Å². The number of nitrogen functional groups attached to an aromatic ring is 1. The topological polar surface area (TPSA) is 74.7 Å². The molecule has 1 aromatic rings. The second kappa shape index (κ2) is 4.49. The predicted octanol–water partition coefficient (Wildman–Crippen LogP) is 2.38. The molecule has 2 bridgehead atoms. The Morgan fingerprint density at radius 2 is 2.33 bits per heavy atom. The fourth-order valence-corrected chi connectivity index (χ4v) is 3.57. The van der Waals surface area contributed by atoms with Gasteiger partial charge in [0.25, 0.3) is 0 Å². The Labute approximate surface area is 107 Å². The lowest BCUT2D eigenvalue weighted by molar-refractivity contribution is 0.348. The molecule has 4 heteroatoms. The van der Waals surface area contributed by atoms with Gasteiger partial charge in [0.15, 0.2) is 5.82 Å². The van der Waals surface area contributed by atoms with Crippen LogP contribution in [-0.4, -0.2) is 11.5 Å². The van der Waals surface area contributed by atoms with E-state index in [9.17, 15) is 0 Å². The molecular formula is C14H18N4. The van der Waals surface area contributed by atoms with E-state index in [0.29, 0.717) is 17.1 Å². The van der Waals surface area contributed by atoms with Gasteiger partial charge in [0.1, 0.15) is 6.07 Å². The fraction of sp³-hybridized carbons (Fsp3) is 0.571. The molecular weight excluding hydrogens is 224 g/mol. The number of anilines is 2. The highest BCUT2D eigenvalue weighted by Crippen LogP contribution is 2.48. The molecule has 18 heavy (non-hydrogen) atoms. The molecule has 0 aliphatic heterocycles. The number of nitrogens with zero attached hydrogens (tertiary/aromatic N) is 2. The number of rotatable bonds is 3. The third-order valence-electron chi connectivity index (χ3n) is 4.53. The Balaban J connectivity index is 1.65. The van der Waals surface area contributed by atoms with Crippen LogP contribution in [-0.2, 0) is 0 Å². The van der Waals surface area contributed by atoms with E-state index in [-0.39, 0.29) is 0 Å². The van der Waals surface area contributed by atoms with Crippen LogP contribution in [0.1, 0.15) is 31.2 Å². The van der Waals surface area contributed by atoms with Gasteiger partial charge in [0, 0.05) is 12.7 Å². The lowest BCUT2D eigenvalue weighted by Crippen LogP contribution is -2.21. The van der Waals surface area contributed by atoms with Crippen molar-refractivity contribution in [1.29, 1.82) is 5.26 Å². The SMILES string of the molecule is N#Cc1ccnc(NCC2CC3CCC2C3)c1N. The van der Waals surface area contributed by atoms with Crippen LogP contribution in [0.5, 0.6) is 0 Å². The Morgan fingerprint density at radius 1 is 1.44 bits per heavy atom. The van der Waals surface area contributed by atoms with Crippen molar-refractivity contribution in [3.8, 4) is 6.07 Å². The van der Waals surface area contributed by atoms with Gasteiger partial charge < -0.3 is 11.1 Å². The van der Waals surface area contributed by atoms with Crippen molar-refractivity contribution >= 4 is 11.5 Å². The van der Waals surface area contributed by atoms with Crippen LogP contribution in [0, 0.1) is 29.1 Å². The molecule has 0 spiro atoms. The summed E-state index contributed by atoms with van der Waals surface area (Å²) in [6.45, 7) is 0.938. The molecule has 1 aromatic heterocycles. The van der Waals surface area contributed by atoms with E-state index in [1.165, 1.54) is 25.7 Å². The molecule has 0 saturated heterocycles. The van der Waals surface area contributed by atoms with Gasteiger partial charge in [-0.05, 0) is 43.1 Å². The Hall–Kier alpha value is -1.76. The van der Waals surface area contributed by atoms with Gasteiger partial charge in [-0.2, -0.15) is 5.26 Å². The van der Waals surface area contributed by atoms with Gasteiger partial charge in [-0.1, -0.05) is 6.42 Å². The van der Waals surface area contributed by atoms with Crippen molar-refractivity contribution in [3.63, 3.8) is 0 Å². The summed E-state index contributed by atoms with van der Waals surface area (Å²) < 4.78 is 0. The van der Waals surface area contributed by atoms with Gasteiger partial charge in [-0.15, -0.1) is 0 Å². The number of nitriles is 1. The van der Waals surface area contributed by atoms with E-state index < -0.39 is 0 Å².